The van der Waals surface area contributed by atoms with Gasteiger partial charge < -0.3 is 5.32 Å². The molecule has 0 saturated heterocycles. The molecule has 0 aliphatic heterocycles. The lowest BCUT2D eigenvalue weighted by atomic mass is 10.1. The minimum atomic E-state index is -3.60. The van der Waals surface area contributed by atoms with Gasteiger partial charge in [-0.2, -0.15) is 0 Å². The van der Waals surface area contributed by atoms with Crippen molar-refractivity contribution in [3.8, 4) is 0 Å². The minimum absolute atomic E-state index is 0.0779. The lowest BCUT2D eigenvalue weighted by molar-refractivity contribution is 0.0939. The molecule has 2 rings (SSSR count). The van der Waals surface area contributed by atoms with E-state index < -0.39 is 10.0 Å². The Bertz CT molecular complexity index is 820. The molecule has 1 unspecified atom stereocenters. The van der Waals surface area contributed by atoms with Gasteiger partial charge in [-0.15, -0.1) is 0 Å². The molecule has 0 bridgehead atoms. The molecule has 2 N–H and O–H groups in total. The van der Waals surface area contributed by atoms with Gasteiger partial charge >= 0.3 is 0 Å². The van der Waals surface area contributed by atoms with Gasteiger partial charge in [0.25, 0.3) is 5.91 Å². The Morgan fingerprint density at radius 3 is 2.67 bits per heavy atom. The number of carbonyl (C=O) groups is 1. The Kier molecular flexibility index (Phi) is 5.69. The molecule has 1 heterocycles. The lowest BCUT2D eigenvalue weighted by Gasteiger charge is -2.15. The van der Waals surface area contributed by atoms with Gasteiger partial charge in [0.1, 0.15) is 0 Å². The number of carbonyl (C=O) groups excluding carboxylic acids is 1. The first-order chi connectivity index (χ1) is 11.3. The highest BCUT2D eigenvalue weighted by atomic mass is 32.2. The molecule has 1 aromatic carbocycles. The first-order valence-electron chi connectivity index (χ1n) is 7.66. The standard InChI is InChI=1S/C17H21N3O3S/c1-4-19-24(22,23)15-8-7-12(2)16(10-15)17(21)20-13(3)14-6-5-9-18-11-14/h5-11,13,19H,4H2,1-3H3,(H,20,21). The summed E-state index contributed by atoms with van der Waals surface area (Å²) in [5.74, 6) is -0.322. The fourth-order valence-electron chi connectivity index (χ4n) is 2.28. The third-order valence-corrected chi connectivity index (χ3v) is 5.17. The van der Waals surface area contributed by atoms with Gasteiger partial charge in [-0.3, -0.25) is 9.78 Å². The zero-order valence-corrected chi connectivity index (χ0v) is 14.7. The van der Waals surface area contributed by atoms with Gasteiger partial charge in [0.15, 0.2) is 0 Å². The van der Waals surface area contributed by atoms with E-state index in [1.54, 1.807) is 38.4 Å². The summed E-state index contributed by atoms with van der Waals surface area (Å²) in [7, 11) is -3.60. The molecule has 1 atom stereocenters. The number of rotatable bonds is 6. The third kappa shape index (κ3) is 4.18. The molecule has 0 saturated carbocycles. The SMILES string of the molecule is CCNS(=O)(=O)c1ccc(C)c(C(=O)NC(C)c2cccnc2)c1. The highest BCUT2D eigenvalue weighted by Gasteiger charge is 2.18. The normalized spacial score (nSPS) is 12.6. The molecule has 1 aromatic heterocycles. The average molecular weight is 347 g/mol. The van der Waals surface area contributed by atoms with Crippen molar-refractivity contribution in [2.75, 3.05) is 6.54 Å². The third-order valence-electron chi connectivity index (χ3n) is 3.63. The monoisotopic (exact) mass is 347 g/mol. The van der Waals surface area contributed by atoms with E-state index in [4.69, 9.17) is 0 Å². The van der Waals surface area contributed by atoms with E-state index in [1.165, 1.54) is 12.1 Å². The number of hydrogen-bond acceptors (Lipinski definition) is 4. The summed E-state index contributed by atoms with van der Waals surface area (Å²) < 4.78 is 26.6. The Labute approximate surface area is 142 Å². The summed E-state index contributed by atoms with van der Waals surface area (Å²) in [4.78, 5) is 16.6. The van der Waals surface area contributed by atoms with E-state index in [0.717, 1.165) is 5.56 Å². The smallest absolute Gasteiger partial charge is 0.252 e. The number of amides is 1. The van der Waals surface area contributed by atoms with Gasteiger partial charge in [-0.05, 0) is 43.2 Å². The van der Waals surface area contributed by atoms with Crippen molar-refractivity contribution in [2.45, 2.75) is 31.7 Å². The molecule has 128 valence electrons. The van der Waals surface area contributed by atoms with Crippen molar-refractivity contribution in [1.82, 2.24) is 15.0 Å². The molecule has 0 fully saturated rings. The zero-order chi connectivity index (χ0) is 17.7. The van der Waals surface area contributed by atoms with Crippen molar-refractivity contribution in [3.63, 3.8) is 0 Å². The van der Waals surface area contributed by atoms with Crippen molar-refractivity contribution in [1.29, 1.82) is 0 Å². The van der Waals surface area contributed by atoms with Crippen LogP contribution in [0.4, 0.5) is 0 Å². The molecule has 0 radical (unpaired) electrons. The maximum absolute atomic E-state index is 12.5. The van der Waals surface area contributed by atoms with Gasteiger partial charge in [0.2, 0.25) is 10.0 Å². The molecular weight excluding hydrogens is 326 g/mol. The minimum Gasteiger partial charge on any atom is -0.345 e. The van der Waals surface area contributed by atoms with Crippen LogP contribution in [0.2, 0.25) is 0 Å². The number of nitrogens with one attached hydrogen (secondary N) is 2. The largest absolute Gasteiger partial charge is 0.345 e. The predicted molar refractivity (Wildman–Crippen MR) is 92.2 cm³/mol. The summed E-state index contributed by atoms with van der Waals surface area (Å²) in [6.45, 7) is 5.61. The van der Waals surface area contributed by atoms with E-state index in [-0.39, 0.29) is 23.4 Å². The fourth-order valence-corrected chi connectivity index (χ4v) is 3.34. The van der Waals surface area contributed by atoms with Crippen LogP contribution in [0, 0.1) is 6.92 Å². The number of benzene rings is 1. The second kappa shape index (κ2) is 7.55. The van der Waals surface area contributed by atoms with Crippen LogP contribution >= 0.6 is 0 Å². The highest BCUT2D eigenvalue weighted by Crippen LogP contribution is 2.17. The summed E-state index contributed by atoms with van der Waals surface area (Å²) in [6, 6.07) is 7.96. The van der Waals surface area contributed by atoms with Gasteiger partial charge in [-0.25, -0.2) is 13.1 Å². The number of hydrogen-bond donors (Lipinski definition) is 2. The van der Waals surface area contributed by atoms with Crippen LogP contribution in [-0.2, 0) is 10.0 Å². The van der Waals surface area contributed by atoms with E-state index in [0.29, 0.717) is 11.1 Å². The van der Waals surface area contributed by atoms with E-state index in [2.05, 4.69) is 15.0 Å². The predicted octanol–water partition coefficient (Wildman–Crippen LogP) is 2.18. The Balaban J connectivity index is 2.26. The number of sulfonamides is 1. The van der Waals surface area contributed by atoms with Crippen LogP contribution in [0.3, 0.4) is 0 Å². The van der Waals surface area contributed by atoms with Gasteiger partial charge in [0, 0.05) is 24.5 Å². The van der Waals surface area contributed by atoms with Crippen molar-refractivity contribution < 1.29 is 13.2 Å². The summed E-state index contributed by atoms with van der Waals surface area (Å²) in [5, 5.41) is 2.87. The molecule has 0 aliphatic carbocycles. The van der Waals surface area contributed by atoms with Crippen LogP contribution < -0.4 is 10.0 Å². The molecular formula is C17H21N3O3S. The van der Waals surface area contributed by atoms with Crippen LogP contribution in [0.5, 0.6) is 0 Å². The maximum Gasteiger partial charge on any atom is 0.252 e. The van der Waals surface area contributed by atoms with Crippen molar-refractivity contribution in [3.05, 3.63) is 59.4 Å². The summed E-state index contributed by atoms with van der Waals surface area (Å²) in [6.07, 6.45) is 3.35. The summed E-state index contributed by atoms with van der Waals surface area (Å²) in [5.41, 5.74) is 1.92. The maximum atomic E-state index is 12.5. The number of aryl methyl sites for hydroxylation is 1. The summed E-state index contributed by atoms with van der Waals surface area (Å²) >= 11 is 0. The second-order valence-corrected chi connectivity index (χ2v) is 7.23. The van der Waals surface area contributed by atoms with Gasteiger partial charge in [0.05, 0.1) is 10.9 Å². The molecule has 7 heteroatoms. The van der Waals surface area contributed by atoms with E-state index in [1.807, 2.05) is 13.0 Å². The van der Waals surface area contributed by atoms with Crippen molar-refractivity contribution in [2.24, 2.45) is 0 Å². The zero-order valence-electron chi connectivity index (χ0n) is 13.9. The van der Waals surface area contributed by atoms with Gasteiger partial charge in [-0.1, -0.05) is 19.1 Å². The van der Waals surface area contributed by atoms with Crippen molar-refractivity contribution >= 4 is 15.9 Å². The fraction of sp³-hybridized carbons (Fsp3) is 0.294. The number of pyridine rings is 1. The number of aromatic nitrogens is 1. The molecule has 24 heavy (non-hydrogen) atoms. The van der Waals surface area contributed by atoms with E-state index >= 15 is 0 Å². The number of nitrogens with zero attached hydrogens (tertiary/aromatic N) is 1. The quantitative estimate of drug-likeness (QED) is 0.838. The van der Waals surface area contributed by atoms with Crippen LogP contribution in [0.1, 0.15) is 41.4 Å². The first kappa shape index (κ1) is 18.1. The molecule has 6 nitrogen and oxygen atoms in total. The lowest BCUT2D eigenvalue weighted by Crippen LogP contribution is -2.28. The molecule has 0 spiro atoms. The average Bonchev–Trinajstić information content (AvgIpc) is 2.55. The Hall–Kier alpha value is -2.25. The Morgan fingerprint density at radius 2 is 2.04 bits per heavy atom. The van der Waals surface area contributed by atoms with Crippen LogP contribution in [0.25, 0.3) is 0 Å². The highest BCUT2D eigenvalue weighted by molar-refractivity contribution is 7.89. The topological polar surface area (TPSA) is 88.2 Å². The molecule has 1 amide bonds. The molecule has 0 aliphatic rings. The van der Waals surface area contributed by atoms with Crippen LogP contribution in [0.15, 0.2) is 47.6 Å². The second-order valence-electron chi connectivity index (χ2n) is 5.46. The van der Waals surface area contributed by atoms with Crippen LogP contribution in [-0.4, -0.2) is 25.9 Å². The Morgan fingerprint density at radius 1 is 1.29 bits per heavy atom. The molecule has 2 aromatic rings. The first-order valence-corrected chi connectivity index (χ1v) is 9.14. The van der Waals surface area contributed by atoms with E-state index in [9.17, 15) is 13.2 Å².